The Labute approximate surface area is 96.6 Å². The fourth-order valence-electron chi connectivity index (χ4n) is 1.16. The minimum atomic E-state index is -1.29. The maximum Gasteiger partial charge on any atom is 0.309 e. The van der Waals surface area contributed by atoms with E-state index in [2.05, 4.69) is 20.7 Å². The SMILES string of the molecule is CCOC(=O)C[C@H](F)c1ccc(Br)cc1. The van der Waals surface area contributed by atoms with Gasteiger partial charge < -0.3 is 4.74 Å². The van der Waals surface area contributed by atoms with Gasteiger partial charge in [0.25, 0.3) is 0 Å². The molecule has 0 bridgehead atoms. The van der Waals surface area contributed by atoms with Gasteiger partial charge in [-0.05, 0) is 24.6 Å². The maximum atomic E-state index is 13.5. The maximum absolute atomic E-state index is 13.5. The van der Waals surface area contributed by atoms with Crippen molar-refractivity contribution in [3.63, 3.8) is 0 Å². The zero-order valence-corrected chi connectivity index (χ0v) is 9.96. The largest absolute Gasteiger partial charge is 0.466 e. The van der Waals surface area contributed by atoms with Gasteiger partial charge in [-0.3, -0.25) is 4.79 Å². The van der Waals surface area contributed by atoms with Crippen molar-refractivity contribution in [3.8, 4) is 0 Å². The first-order chi connectivity index (χ1) is 7.13. The molecule has 2 nitrogen and oxygen atoms in total. The number of carbonyl (C=O) groups excluding carboxylic acids is 1. The van der Waals surface area contributed by atoms with Gasteiger partial charge in [0.2, 0.25) is 0 Å². The Balaban J connectivity index is 2.57. The van der Waals surface area contributed by atoms with Gasteiger partial charge in [0.15, 0.2) is 0 Å². The second kappa shape index (κ2) is 5.85. The fourth-order valence-corrected chi connectivity index (χ4v) is 1.42. The molecule has 0 N–H and O–H groups in total. The lowest BCUT2D eigenvalue weighted by Gasteiger charge is -2.07. The van der Waals surface area contributed by atoms with Crippen LogP contribution in [0.4, 0.5) is 4.39 Å². The zero-order valence-electron chi connectivity index (χ0n) is 8.37. The van der Waals surface area contributed by atoms with Gasteiger partial charge in [-0.25, -0.2) is 4.39 Å². The number of benzene rings is 1. The van der Waals surface area contributed by atoms with E-state index in [1.807, 2.05) is 0 Å². The van der Waals surface area contributed by atoms with E-state index in [-0.39, 0.29) is 13.0 Å². The molecule has 1 aromatic rings. The second-order valence-electron chi connectivity index (χ2n) is 3.03. The van der Waals surface area contributed by atoms with E-state index >= 15 is 0 Å². The molecular weight excluding hydrogens is 263 g/mol. The van der Waals surface area contributed by atoms with Gasteiger partial charge in [0.1, 0.15) is 6.17 Å². The van der Waals surface area contributed by atoms with Crippen molar-refractivity contribution >= 4 is 21.9 Å². The number of alkyl halides is 1. The molecule has 0 aromatic heterocycles. The van der Waals surface area contributed by atoms with Crippen molar-refractivity contribution in [2.24, 2.45) is 0 Å². The van der Waals surface area contributed by atoms with Crippen molar-refractivity contribution in [3.05, 3.63) is 34.3 Å². The summed E-state index contributed by atoms with van der Waals surface area (Å²) in [4.78, 5) is 11.0. The fraction of sp³-hybridized carbons (Fsp3) is 0.364. The first-order valence-electron chi connectivity index (χ1n) is 4.68. The third-order valence-corrected chi connectivity index (χ3v) is 2.41. The standard InChI is InChI=1S/C11H12BrFO2/c1-2-15-11(14)7-10(13)8-3-5-9(12)6-4-8/h3-6,10H,2,7H2,1H3/t10-/m0/s1. The Morgan fingerprint density at radius 1 is 1.47 bits per heavy atom. The molecule has 0 amide bonds. The van der Waals surface area contributed by atoms with Crippen LogP contribution >= 0.6 is 15.9 Å². The van der Waals surface area contributed by atoms with Crippen molar-refractivity contribution in [2.75, 3.05) is 6.61 Å². The van der Waals surface area contributed by atoms with E-state index in [0.717, 1.165) is 4.47 Å². The van der Waals surface area contributed by atoms with Crippen LogP contribution in [0.3, 0.4) is 0 Å². The summed E-state index contributed by atoms with van der Waals surface area (Å²) < 4.78 is 19.1. The summed E-state index contributed by atoms with van der Waals surface area (Å²) >= 11 is 3.26. The normalized spacial score (nSPS) is 12.2. The van der Waals surface area contributed by atoms with E-state index in [9.17, 15) is 9.18 Å². The highest BCUT2D eigenvalue weighted by Crippen LogP contribution is 2.23. The number of halogens is 2. The van der Waals surface area contributed by atoms with Crippen LogP contribution in [-0.2, 0) is 9.53 Å². The molecule has 0 radical (unpaired) electrons. The third kappa shape index (κ3) is 4.00. The van der Waals surface area contributed by atoms with E-state index in [1.54, 1.807) is 31.2 Å². The van der Waals surface area contributed by atoms with Crippen molar-refractivity contribution in [1.82, 2.24) is 0 Å². The third-order valence-electron chi connectivity index (χ3n) is 1.88. The average Bonchev–Trinajstić information content (AvgIpc) is 2.18. The molecule has 0 aliphatic carbocycles. The topological polar surface area (TPSA) is 26.3 Å². The van der Waals surface area contributed by atoms with Gasteiger partial charge in [-0.15, -0.1) is 0 Å². The Bertz CT molecular complexity index is 324. The zero-order chi connectivity index (χ0) is 11.3. The van der Waals surface area contributed by atoms with E-state index in [0.29, 0.717) is 5.56 Å². The Kier molecular flexibility index (Phi) is 4.75. The highest BCUT2D eigenvalue weighted by Gasteiger charge is 2.15. The molecule has 0 spiro atoms. The van der Waals surface area contributed by atoms with Gasteiger partial charge >= 0.3 is 5.97 Å². The molecule has 0 saturated carbocycles. The molecular formula is C11H12BrFO2. The summed E-state index contributed by atoms with van der Waals surface area (Å²) in [6.07, 6.45) is -1.52. The van der Waals surface area contributed by atoms with Crippen LogP contribution in [-0.4, -0.2) is 12.6 Å². The molecule has 0 aliphatic heterocycles. The number of hydrogen-bond donors (Lipinski definition) is 0. The molecule has 1 aromatic carbocycles. The second-order valence-corrected chi connectivity index (χ2v) is 3.94. The lowest BCUT2D eigenvalue weighted by molar-refractivity contribution is -0.144. The number of rotatable bonds is 4. The van der Waals surface area contributed by atoms with Crippen LogP contribution < -0.4 is 0 Å². The van der Waals surface area contributed by atoms with Crippen LogP contribution in [0.15, 0.2) is 28.7 Å². The molecule has 0 heterocycles. The van der Waals surface area contributed by atoms with Crippen LogP contribution in [0.1, 0.15) is 25.1 Å². The first kappa shape index (κ1) is 12.2. The predicted octanol–water partition coefficient (Wildman–Crippen LogP) is 3.41. The van der Waals surface area contributed by atoms with Crippen molar-refractivity contribution < 1.29 is 13.9 Å². The lowest BCUT2D eigenvalue weighted by Crippen LogP contribution is -2.07. The highest BCUT2D eigenvalue weighted by molar-refractivity contribution is 9.10. The summed E-state index contributed by atoms with van der Waals surface area (Å²) in [5, 5.41) is 0. The van der Waals surface area contributed by atoms with Crippen molar-refractivity contribution in [1.29, 1.82) is 0 Å². The molecule has 15 heavy (non-hydrogen) atoms. The molecule has 1 rings (SSSR count). The van der Waals surface area contributed by atoms with Crippen LogP contribution in [0.2, 0.25) is 0 Å². The summed E-state index contributed by atoms with van der Waals surface area (Å²) in [7, 11) is 0. The summed E-state index contributed by atoms with van der Waals surface area (Å²) in [6.45, 7) is 1.98. The van der Waals surface area contributed by atoms with Crippen LogP contribution in [0.25, 0.3) is 0 Å². The number of carbonyl (C=O) groups is 1. The molecule has 1 atom stereocenters. The van der Waals surface area contributed by atoms with Crippen LogP contribution in [0, 0.1) is 0 Å². The highest BCUT2D eigenvalue weighted by atomic mass is 79.9. The molecule has 82 valence electrons. The van der Waals surface area contributed by atoms with Gasteiger partial charge in [0.05, 0.1) is 13.0 Å². The number of hydrogen-bond acceptors (Lipinski definition) is 2. The predicted molar refractivity (Wildman–Crippen MR) is 59.2 cm³/mol. The average molecular weight is 275 g/mol. The van der Waals surface area contributed by atoms with E-state index < -0.39 is 12.1 Å². The Morgan fingerprint density at radius 2 is 2.07 bits per heavy atom. The summed E-state index contributed by atoms with van der Waals surface area (Å²) in [5.41, 5.74) is 0.492. The number of esters is 1. The monoisotopic (exact) mass is 274 g/mol. The Hall–Kier alpha value is -0.900. The smallest absolute Gasteiger partial charge is 0.309 e. The molecule has 0 aliphatic rings. The van der Waals surface area contributed by atoms with Gasteiger partial charge in [-0.2, -0.15) is 0 Å². The van der Waals surface area contributed by atoms with E-state index in [4.69, 9.17) is 0 Å². The van der Waals surface area contributed by atoms with E-state index in [1.165, 1.54) is 0 Å². The quantitative estimate of drug-likeness (QED) is 0.787. The lowest BCUT2D eigenvalue weighted by atomic mass is 10.1. The Morgan fingerprint density at radius 3 is 2.60 bits per heavy atom. The summed E-state index contributed by atoms with van der Waals surface area (Å²) in [5.74, 6) is -0.507. The minimum Gasteiger partial charge on any atom is -0.466 e. The first-order valence-corrected chi connectivity index (χ1v) is 5.48. The molecule has 4 heteroatoms. The summed E-state index contributed by atoms with van der Waals surface area (Å²) in [6, 6.07) is 6.78. The molecule has 0 saturated heterocycles. The molecule has 0 unspecified atom stereocenters. The van der Waals surface area contributed by atoms with Crippen LogP contribution in [0.5, 0.6) is 0 Å². The van der Waals surface area contributed by atoms with Gasteiger partial charge in [-0.1, -0.05) is 28.1 Å². The van der Waals surface area contributed by atoms with Crippen molar-refractivity contribution in [2.45, 2.75) is 19.5 Å². The van der Waals surface area contributed by atoms with Gasteiger partial charge in [0, 0.05) is 4.47 Å². The number of ether oxygens (including phenoxy) is 1. The minimum absolute atomic E-state index is 0.227. The molecule has 0 fully saturated rings.